The van der Waals surface area contributed by atoms with Crippen molar-refractivity contribution in [2.24, 2.45) is 5.92 Å². The highest BCUT2D eigenvalue weighted by Gasteiger charge is 2.25. The normalized spacial score (nSPS) is 16.8. The molecule has 1 fully saturated rings. The van der Waals surface area contributed by atoms with Crippen molar-refractivity contribution in [1.29, 1.82) is 0 Å². The van der Waals surface area contributed by atoms with Crippen LogP contribution in [0.25, 0.3) is 0 Å². The number of ether oxygens (including phenoxy) is 1. The van der Waals surface area contributed by atoms with Gasteiger partial charge >= 0.3 is 0 Å². The van der Waals surface area contributed by atoms with Crippen LogP contribution in [-0.2, 0) is 0 Å². The Bertz CT molecular complexity index is 441. The number of hydrogen-bond acceptors (Lipinski definition) is 3. The van der Waals surface area contributed by atoms with Gasteiger partial charge in [0.2, 0.25) is 0 Å². The highest BCUT2D eigenvalue weighted by Crippen LogP contribution is 2.29. The number of rotatable bonds is 4. The molecule has 1 saturated carbocycles. The van der Waals surface area contributed by atoms with Gasteiger partial charge in [-0.2, -0.15) is 0 Å². The Balaban J connectivity index is 2.03. The summed E-state index contributed by atoms with van der Waals surface area (Å²) >= 11 is 0. The molecule has 0 radical (unpaired) electrons. The number of carbonyl (C=O) groups excluding carboxylic acids is 1. The van der Waals surface area contributed by atoms with Crippen molar-refractivity contribution >= 4 is 11.6 Å². The van der Waals surface area contributed by atoms with Crippen molar-refractivity contribution in [3.63, 3.8) is 0 Å². The fourth-order valence-corrected chi connectivity index (χ4v) is 2.22. The van der Waals surface area contributed by atoms with Crippen LogP contribution in [-0.4, -0.2) is 19.1 Å². The highest BCUT2D eigenvalue weighted by molar-refractivity contribution is 5.99. The molecule has 4 nitrogen and oxygen atoms in total. The zero-order chi connectivity index (χ0) is 13.1. The van der Waals surface area contributed by atoms with Gasteiger partial charge in [-0.1, -0.05) is 6.42 Å². The second kappa shape index (κ2) is 5.29. The molecule has 1 aromatic carbocycles. The van der Waals surface area contributed by atoms with Crippen LogP contribution in [0.15, 0.2) is 18.2 Å². The number of benzene rings is 1. The number of amides is 1. The molecule has 0 bridgehead atoms. The van der Waals surface area contributed by atoms with Gasteiger partial charge in [-0.3, -0.25) is 4.79 Å². The van der Waals surface area contributed by atoms with E-state index in [0.29, 0.717) is 22.9 Å². The Hall–Kier alpha value is -1.71. The summed E-state index contributed by atoms with van der Waals surface area (Å²) in [7, 11) is 1.58. The summed E-state index contributed by atoms with van der Waals surface area (Å²) in [5, 5.41) is 3.02. The first-order chi connectivity index (χ1) is 8.61. The van der Waals surface area contributed by atoms with E-state index in [0.717, 1.165) is 0 Å². The lowest BCUT2D eigenvalue weighted by atomic mass is 9.80. The molecule has 18 heavy (non-hydrogen) atoms. The zero-order valence-electron chi connectivity index (χ0n) is 10.9. The molecule has 0 spiro atoms. The van der Waals surface area contributed by atoms with E-state index in [1.54, 1.807) is 25.3 Å². The molecular weight excluding hydrogens is 228 g/mol. The summed E-state index contributed by atoms with van der Waals surface area (Å²) < 4.78 is 5.06. The van der Waals surface area contributed by atoms with Crippen molar-refractivity contribution in [1.82, 2.24) is 5.32 Å². The minimum Gasteiger partial charge on any atom is -0.497 e. The molecule has 0 saturated heterocycles. The summed E-state index contributed by atoms with van der Waals surface area (Å²) in [5.74, 6) is 1.18. The Morgan fingerprint density at radius 1 is 1.50 bits per heavy atom. The monoisotopic (exact) mass is 248 g/mol. The average Bonchev–Trinajstić information content (AvgIpc) is 2.25. The molecule has 1 aliphatic carbocycles. The maximum absolute atomic E-state index is 12.1. The fraction of sp³-hybridized carbons (Fsp3) is 0.500. The Morgan fingerprint density at radius 2 is 2.22 bits per heavy atom. The van der Waals surface area contributed by atoms with E-state index in [2.05, 4.69) is 12.2 Å². The van der Waals surface area contributed by atoms with Crippen LogP contribution in [0, 0.1) is 5.92 Å². The van der Waals surface area contributed by atoms with Crippen LogP contribution < -0.4 is 15.8 Å². The van der Waals surface area contributed by atoms with E-state index in [1.807, 2.05) is 0 Å². The van der Waals surface area contributed by atoms with Gasteiger partial charge in [0.1, 0.15) is 5.75 Å². The van der Waals surface area contributed by atoms with Crippen LogP contribution in [0.5, 0.6) is 5.75 Å². The van der Waals surface area contributed by atoms with Crippen molar-refractivity contribution in [3.05, 3.63) is 23.8 Å². The second-order valence-electron chi connectivity index (χ2n) is 4.91. The molecule has 0 aromatic heterocycles. The number of nitrogens with one attached hydrogen (secondary N) is 1. The lowest BCUT2D eigenvalue weighted by molar-refractivity contribution is 0.0910. The van der Waals surface area contributed by atoms with E-state index in [9.17, 15) is 4.79 Å². The maximum atomic E-state index is 12.1. The predicted molar refractivity (Wildman–Crippen MR) is 71.7 cm³/mol. The molecule has 0 aliphatic heterocycles. The number of anilines is 1. The van der Waals surface area contributed by atoms with E-state index < -0.39 is 0 Å². The predicted octanol–water partition coefficient (Wildman–Crippen LogP) is 2.20. The molecule has 4 heteroatoms. The maximum Gasteiger partial charge on any atom is 0.253 e. The third kappa shape index (κ3) is 2.58. The SMILES string of the molecule is COc1ccc(C(=O)NC(C)C2CCC2)c(N)c1. The Kier molecular flexibility index (Phi) is 3.75. The fourth-order valence-electron chi connectivity index (χ4n) is 2.22. The van der Waals surface area contributed by atoms with Crippen molar-refractivity contribution in [3.8, 4) is 5.75 Å². The second-order valence-corrected chi connectivity index (χ2v) is 4.91. The number of nitrogens with two attached hydrogens (primary N) is 1. The smallest absolute Gasteiger partial charge is 0.253 e. The van der Waals surface area contributed by atoms with Crippen molar-refractivity contribution in [2.75, 3.05) is 12.8 Å². The lowest BCUT2D eigenvalue weighted by Gasteiger charge is -2.32. The summed E-state index contributed by atoms with van der Waals surface area (Å²) in [5.41, 5.74) is 6.82. The molecule has 2 rings (SSSR count). The number of carbonyl (C=O) groups is 1. The Labute approximate surface area is 108 Å². The molecule has 1 unspecified atom stereocenters. The summed E-state index contributed by atoms with van der Waals surface area (Å²) in [6, 6.07) is 5.34. The van der Waals surface area contributed by atoms with Gasteiger partial charge in [0.05, 0.1) is 12.7 Å². The van der Waals surface area contributed by atoms with E-state index >= 15 is 0 Å². The molecule has 3 N–H and O–H groups in total. The minimum absolute atomic E-state index is 0.102. The number of hydrogen-bond donors (Lipinski definition) is 2. The van der Waals surface area contributed by atoms with Crippen LogP contribution in [0.2, 0.25) is 0 Å². The highest BCUT2D eigenvalue weighted by atomic mass is 16.5. The number of nitrogen functional groups attached to an aromatic ring is 1. The third-order valence-electron chi connectivity index (χ3n) is 3.72. The molecule has 1 atom stereocenters. The van der Waals surface area contributed by atoms with Gasteiger partial charge in [0.15, 0.2) is 0 Å². The summed E-state index contributed by atoms with van der Waals surface area (Å²) in [4.78, 5) is 12.1. The van der Waals surface area contributed by atoms with E-state index in [1.165, 1.54) is 19.3 Å². The van der Waals surface area contributed by atoms with Gasteiger partial charge < -0.3 is 15.8 Å². The lowest BCUT2D eigenvalue weighted by Crippen LogP contribution is -2.40. The molecule has 1 aliphatic rings. The first kappa shape index (κ1) is 12.7. The average molecular weight is 248 g/mol. The van der Waals surface area contributed by atoms with Gasteiger partial charge in [0, 0.05) is 17.8 Å². The largest absolute Gasteiger partial charge is 0.497 e. The van der Waals surface area contributed by atoms with Gasteiger partial charge in [-0.15, -0.1) is 0 Å². The van der Waals surface area contributed by atoms with Crippen LogP contribution in [0.1, 0.15) is 36.5 Å². The third-order valence-corrected chi connectivity index (χ3v) is 3.72. The molecule has 1 amide bonds. The Morgan fingerprint density at radius 3 is 2.72 bits per heavy atom. The molecule has 98 valence electrons. The van der Waals surface area contributed by atoms with Gasteiger partial charge in [0.25, 0.3) is 5.91 Å². The summed E-state index contributed by atoms with van der Waals surface area (Å²) in [6.45, 7) is 2.06. The first-order valence-electron chi connectivity index (χ1n) is 6.36. The first-order valence-corrected chi connectivity index (χ1v) is 6.36. The molecule has 1 aromatic rings. The standard InChI is InChI=1S/C14H20N2O2/c1-9(10-4-3-5-10)16-14(17)12-7-6-11(18-2)8-13(12)15/h6-10H,3-5,15H2,1-2H3,(H,16,17). The molecular formula is C14H20N2O2. The van der Waals surface area contributed by atoms with Crippen LogP contribution in [0.3, 0.4) is 0 Å². The summed E-state index contributed by atoms with van der Waals surface area (Å²) in [6.07, 6.45) is 3.69. The van der Waals surface area contributed by atoms with Gasteiger partial charge in [-0.25, -0.2) is 0 Å². The molecule has 0 heterocycles. The van der Waals surface area contributed by atoms with E-state index in [-0.39, 0.29) is 11.9 Å². The van der Waals surface area contributed by atoms with E-state index in [4.69, 9.17) is 10.5 Å². The topological polar surface area (TPSA) is 64.3 Å². The number of methoxy groups -OCH3 is 1. The van der Waals surface area contributed by atoms with Crippen LogP contribution >= 0.6 is 0 Å². The van der Waals surface area contributed by atoms with Crippen LogP contribution in [0.4, 0.5) is 5.69 Å². The van der Waals surface area contributed by atoms with Gasteiger partial charge in [-0.05, 0) is 37.8 Å². The quantitative estimate of drug-likeness (QED) is 0.803. The van der Waals surface area contributed by atoms with Crippen molar-refractivity contribution < 1.29 is 9.53 Å². The van der Waals surface area contributed by atoms with Crippen molar-refractivity contribution in [2.45, 2.75) is 32.2 Å². The zero-order valence-corrected chi connectivity index (χ0v) is 10.9. The minimum atomic E-state index is -0.102.